The first-order chi connectivity index (χ1) is 10.3. The van der Waals surface area contributed by atoms with E-state index in [4.69, 9.17) is 9.47 Å². The molecule has 106 valence electrons. The van der Waals surface area contributed by atoms with Crippen molar-refractivity contribution in [2.24, 2.45) is 10.4 Å². The summed E-state index contributed by atoms with van der Waals surface area (Å²) < 4.78 is 11.6. The van der Waals surface area contributed by atoms with E-state index in [-0.39, 0.29) is 0 Å². The van der Waals surface area contributed by atoms with E-state index in [2.05, 4.69) is 10.4 Å². The summed E-state index contributed by atoms with van der Waals surface area (Å²) in [5.74, 6) is -1.02. The molecule has 0 saturated carbocycles. The van der Waals surface area contributed by atoms with E-state index in [1.807, 2.05) is 0 Å². The maximum Gasteiger partial charge on any atom is 0.222 e. The van der Waals surface area contributed by atoms with Crippen molar-refractivity contribution in [3.63, 3.8) is 0 Å². The molecule has 6 nitrogen and oxygen atoms in total. The van der Waals surface area contributed by atoms with Crippen LogP contribution in [0.3, 0.4) is 0 Å². The van der Waals surface area contributed by atoms with Gasteiger partial charge in [0, 0.05) is 11.1 Å². The Labute approximate surface area is 120 Å². The van der Waals surface area contributed by atoms with E-state index >= 15 is 0 Å². The Morgan fingerprint density at radius 2 is 1.10 bits per heavy atom. The summed E-state index contributed by atoms with van der Waals surface area (Å²) >= 11 is 0. The molecule has 0 amide bonds. The van der Waals surface area contributed by atoms with Crippen LogP contribution in [0, 0.1) is 9.81 Å². The van der Waals surface area contributed by atoms with Gasteiger partial charge in [0.15, 0.2) is 0 Å². The van der Waals surface area contributed by atoms with Gasteiger partial charge < -0.3 is 9.47 Å². The Morgan fingerprint density at radius 3 is 1.43 bits per heavy atom. The van der Waals surface area contributed by atoms with Crippen molar-refractivity contribution in [3.05, 3.63) is 69.5 Å². The van der Waals surface area contributed by atoms with Gasteiger partial charge in [-0.2, -0.15) is 0 Å². The van der Waals surface area contributed by atoms with Crippen molar-refractivity contribution < 1.29 is 9.47 Å². The van der Waals surface area contributed by atoms with E-state index in [1.54, 1.807) is 48.5 Å². The fourth-order valence-electron chi connectivity index (χ4n) is 2.40. The van der Waals surface area contributed by atoms with Crippen molar-refractivity contribution in [3.8, 4) is 0 Å². The van der Waals surface area contributed by atoms with E-state index in [9.17, 15) is 9.81 Å². The van der Waals surface area contributed by atoms with Crippen LogP contribution in [0.2, 0.25) is 0 Å². The SMILES string of the molecule is O=Nc1ccc(C2(c3ccc(N=O)cc3)OCCO2)cc1. The van der Waals surface area contributed by atoms with Crippen molar-refractivity contribution in [2.75, 3.05) is 13.2 Å². The molecule has 0 spiro atoms. The predicted octanol–water partition coefficient (Wildman–Crippen LogP) is 3.73. The van der Waals surface area contributed by atoms with Gasteiger partial charge in [-0.25, -0.2) is 0 Å². The Bertz CT molecular complexity index is 593. The number of nitrogens with zero attached hydrogens (tertiary/aromatic N) is 2. The number of rotatable bonds is 4. The largest absolute Gasteiger partial charge is 0.340 e. The average molecular weight is 284 g/mol. The van der Waals surface area contributed by atoms with Gasteiger partial charge in [-0.1, -0.05) is 24.3 Å². The zero-order valence-corrected chi connectivity index (χ0v) is 11.1. The number of hydrogen-bond donors (Lipinski definition) is 0. The molecule has 0 aromatic heterocycles. The van der Waals surface area contributed by atoms with E-state index < -0.39 is 5.79 Å². The maximum atomic E-state index is 10.5. The van der Waals surface area contributed by atoms with Crippen LogP contribution in [-0.4, -0.2) is 13.2 Å². The van der Waals surface area contributed by atoms with Gasteiger partial charge >= 0.3 is 0 Å². The molecular formula is C15H12N2O4. The highest BCUT2D eigenvalue weighted by molar-refractivity contribution is 5.46. The Kier molecular flexibility index (Phi) is 3.55. The molecule has 3 rings (SSSR count). The van der Waals surface area contributed by atoms with Crippen LogP contribution in [0.25, 0.3) is 0 Å². The third-order valence-electron chi connectivity index (χ3n) is 3.40. The van der Waals surface area contributed by atoms with Crippen molar-refractivity contribution >= 4 is 11.4 Å². The molecule has 0 atom stereocenters. The minimum atomic E-state index is -1.02. The molecule has 0 unspecified atom stereocenters. The second kappa shape index (κ2) is 5.51. The van der Waals surface area contributed by atoms with Gasteiger partial charge in [0.1, 0.15) is 11.4 Å². The summed E-state index contributed by atoms with van der Waals surface area (Å²) in [6, 6.07) is 13.4. The highest BCUT2D eigenvalue weighted by Gasteiger charge is 2.40. The molecule has 2 aromatic carbocycles. The van der Waals surface area contributed by atoms with Crippen molar-refractivity contribution in [2.45, 2.75) is 5.79 Å². The topological polar surface area (TPSA) is 77.3 Å². The number of hydrogen-bond acceptors (Lipinski definition) is 6. The Balaban J connectivity index is 2.05. The highest BCUT2D eigenvalue weighted by Crippen LogP contribution is 2.39. The van der Waals surface area contributed by atoms with Crippen LogP contribution >= 0.6 is 0 Å². The summed E-state index contributed by atoms with van der Waals surface area (Å²) in [7, 11) is 0. The van der Waals surface area contributed by atoms with Crippen LogP contribution < -0.4 is 0 Å². The lowest BCUT2D eigenvalue weighted by atomic mass is 9.97. The van der Waals surface area contributed by atoms with Gasteiger partial charge in [0.25, 0.3) is 0 Å². The fraction of sp³-hybridized carbons (Fsp3) is 0.200. The highest BCUT2D eigenvalue weighted by atomic mass is 16.7. The standard InChI is InChI=1S/C15H12N2O4/c18-16-13-5-1-11(2-6-13)15(20-9-10-21-15)12-3-7-14(17-19)8-4-12/h1-8H,9-10H2. The summed E-state index contributed by atoms with van der Waals surface area (Å²) in [4.78, 5) is 21.0. The van der Waals surface area contributed by atoms with Crippen LogP contribution in [0.15, 0.2) is 58.9 Å². The molecular weight excluding hydrogens is 272 g/mol. The molecule has 1 aliphatic rings. The summed E-state index contributed by atoms with van der Waals surface area (Å²) in [6.45, 7) is 0.919. The lowest BCUT2D eigenvalue weighted by Gasteiger charge is -2.28. The second-order valence-corrected chi connectivity index (χ2v) is 4.59. The van der Waals surface area contributed by atoms with E-state index in [0.29, 0.717) is 24.6 Å². The van der Waals surface area contributed by atoms with Gasteiger partial charge in [-0.15, -0.1) is 9.81 Å². The number of nitroso groups, excluding NO2 is 2. The van der Waals surface area contributed by atoms with Crippen LogP contribution in [-0.2, 0) is 15.3 Å². The van der Waals surface area contributed by atoms with Gasteiger partial charge in [-0.3, -0.25) is 0 Å². The summed E-state index contributed by atoms with van der Waals surface area (Å²) in [5.41, 5.74) is 2.21. The predicted molar refractivity (Wildman–Crippen MR) is 76.5 cm³/mol. The monoisotopic (exact) mass is 284 g/mol. The Morgan fingerprint density at radius 1 is 0.714 bits per heavy atom. The molecule has 0 aliphatic carbocycles. The first-order valence-electron chi connectivity index (χ1n) is 6.44. The van der Waals surface area contributed by atoms with E-state index in [1.165, 1.54) is 0 Å². The fourth-order valence-corrected chi connectivity index (χ4v) is 2.40. The third kappa shape index (κ3) is 2.35. The Hall–Kier alpha value is -2.44. The smallest absolute Gasteiger partial charge is 0.222 e. The van der Waals surface area contributed by atoms with Gasteiger partial charge in [0.05, 0.1) is 13.2 Å². The lowest BCUT2D eigenvalue weighted by molar-refractivity contribution is -0.129. The zero-order chi connectivity index (χ0) is 14.7. The summed E-state index contributed by atoms with van der Waals surface area (Å²) in [5, 5.41) is 5.76. The molecule has 1 saturated heterocycles. The van der Waals surface area contributed by atoms with Crippen molar-refractivity contribution in [1.29, 1.82) is 0 Å². The quantitative estimate of drug-likeness (QED) is 0.801. The number of benzene rings is 2. The normalized spacial score (nSPS) is 16.6. The molecule has 2 aromatic rings. The van der Waals surface area contributed by atoms with Crippen LogP contribution in [0.4, 0.5) is 11.4 Å². The zero-order valence-electron chi connectivity index (χ0n) is 11.1. The maximum absolute atomic E-state index is 10.5. The average Bonchev–Trinajstić information content (AvgIpc) is 3.06. The summed E-state index contributed by atoms with van der Waals surface area (Å²) in [6.07, 6.45) is 0. The van der Waals surface area contributed by atoms with E-state index in [0.717, 1.165) is 11.1 Å². The first-order valence-corrected chi connectivity index (χ1v) is 6.44. The van der Waals surface area contributed by atoms with Gasteiger partial charge in [-0.05, 0) is 34.6 Å². The molecule has 0 N–H and O–H groups in total. The molecule has 0 radical (unpaired) electrons. The second-order valence-electron chi connectivity index (χ2n) is 4.59. The minimum absolute atomic E-state index is 0.340. The minimum Gasteiger partial charge on any atom is -0.340 e. The number of ether oxygens (including phenoxy) is 2. The molecule has 1 fully saturated rings. The lowest BCUT2D eigenvalue weighted by Crippen LogP contribution is -2.28. The molecule has 1 heterocycles. The molecule has 1 aliphatic heterocycles. The van der Waals surface area contributed by atoms with Crippen LogP contribution in [0.1, 0.15) is 11.1 Å². The van der Waals surface area contributed by atoms with Crippen molar-refractivity contribution in [1.82, 2.24) is 0 Å². The molecule has 21 heavy (non-hydrogen) atoms. The molecule has 0 bridgehead atoms. The first kappa shape index (κ1) is 13.5. The third-order valence-corrected chi connectivity index (χ3v) is 3.40. The molecule has 6 heteroatoms. The van der Waals surface area contributed by atoms with Crippen LogP contribution in [0.5, 0.6) is 0 Å². The van der Waals surface area contributed by atoms with Gasteiger partial charge in [0.2, 0.25) is 5.79 Å².